The number of para-hydroxylation sites is 1. The lowest BCUT2D eigenvalue weighted by Crippen LogP contribution is -2.35. The minimum Gasteiger partial charge on any atom is -0.346 e. The van der Waals surface area contributed by atoms with Crippen molar-refractivity contribution >= 4 is 32.6 Å². The number of aryl methyl sites for hydroxylation is 1. The third kappa shape index (κ3) is 3.62. The highest BCUT2D eigenvalue weighted by atomic mass is 32.1. The summed E-state index contributed by atoms with van der Waals surface area (Å²) in [6.07, 6.45) is 1.71. The van der Waals surface area contributed by atoms with Gasteiger partial charge < -0.3 is 9.80 Å². The van der Waals surface area contributed by atoms with E-state index in [1.807, 2.05) is 23.1 Å². The summed E-state index contributed by atoms with van der Waals surface area (Å²) in [5, 5.41) is 7.19. The van der Waals surface area contributed by atoms with Gasteiger partial charge in [0.25, 0.3) is 0 Å². The summed E-state index contributed by atoms with van der Waals surface area (Å²) in [4.78, 5) is 35.0. The molecule has 8 nitrogen and oxygen atoms in total. The monoisotopic (exact) mass is 372 g/mol. The fourth-order valence-electron chi connectivity index (χ4n) is 3.16. The van der Waals surface area contributed by atoms with Gasteiger partial charge in [-0.3, -0.25) is 9.78 Å². The van der Waals surface area contributed by atoms with E-state index in [1.165, 1.54) is 4.70 Å². The molecule has 0 atom stereocenters. The molecule has 9 heteroatoms. The number of hydrogen-bond acceptors (Lipinski definition) is 6. The number of carbonyl (C=O) groups is 1. The molecule has 0 bridgehead atoms. The summed E-state index contributed by atoms with van der Waals surface area (Å²) in [7, 11) is 0. The van der Waals surface area contributed by atoms with Gasteiger partial charge in [0.1, 0.15) is 5.82 Å². The predicted octanol–water partition coefficient (Wildman–Crippen LogP) is 1.38. The normalized spacial score (nSPS) is 15.4. The van der Waals surface area contributed by atoms with Gasteiger partial charge in [-0.1, -0.05) is 23.5 Å². The van der Waals surface area contributed by atoms with Crippen LogP contribution in [0.2, 0.25) is 0 Å². The van der Waals surface area contributed by atoms with E-state index in [0.29, 0.717) is 25.2 Å². The Balaban J connectivity index is 1.36. The number of carbonyl (C=O) groups excluding carboxylic acids is 1. The molecule has 3 aromatic rings. The van der Waals surface area contributed by atoms with Crippen LogP contribution in [0.15, 0.2) is 29.1 Å². The maximum Gasteiger partial charge on any atom is 0.340 e. The van der Waals surface area contributed by atoms with E-state index in [4.69, 9.17) is 4.98 Å². The van der Waals surface area contributed by atoms with Crippen molar-refractivity contribution in [1.82, 2.24) is 25.1 Å². The molecule has 2 N–H and O–H groups in total. The van der Waals surface area contributed by atoms with Crippen molar-refractivity contribution in [2.75, 3.05) is 31.1 Å². The summed E-state index contributed by atoms with van der Waals surface area (Å²) in [5.74, 6) is 0.620. The second kappa shape index (κ2) is 7.28. The minimum absolute atomic E-state index is 0.0972. The third-order valence-corrected chi connectivity index (χ3v) is 5.62. The first-order chi connectivity index (χ1) is 12.7. The van der Waals surface area contributed by atoms with Crippen LogP contribution in [-0.2, 0) is 11.2 Å². The fraction of sp³-hybridized carbons (Fsp3) is 0.412. The summed E-state index contributed by atoms with van der Waals surface area (Å²) < 4.78 is 1.19. The van der Waals surface area contributed by atoms with Crippen LogP contribution < -0.4 is 10.6 Å². The Morgan fingerprint density at radius 2 is 2.08 bits per heavy atom. The average Bonchev–Trinajstić information content (AvgIpc) is 3.18. The van der Waals surface area contributed by atoms with Crippen molar-refractivity contribution in [1.29, 1.82) is 0 Å². The maximum absolute atomic E-state index is 12.5. The fourth-order valence-corrected chi connectivity index (χ4v) is 4.18. The Kier molecular flexibility index (Phi) is 4.70. The average molecular weight is 372 g/mol. The molecule has 1 saturated heterocycles. The molecular formula is C17H20N6O2S. The number of amides is 1. The number of nitrogens with zero attached hydrogens (tertiary/aromatic N) is 4. The largest absolute Gasteiger partial charge is 0.346 e. The number of fused-ring (bicyclic) bond motifs is 1. The van der Waals surface area contributed by atoms with Gasteiger partial charge in [0, 0.05) is 39.0 Å². The Morgan fingerprint density at radius 1 is 1.19 bits per heavy atom. The number of thiazole rings is 1. The first kappa shape index (κ1) is 16.8. The van der Waals surface area contributed by atoms with Crippen LogP contribution in [0, 0.1) is 0 Å². The van der Waals surface area contributed by atoms with E-state index < -0.39 is 0 Å². The number of nitrogens with one attached hydrogen (secondary N) is 2. The number of benzene rings is 1. The van der Waals surface area contributed by atoms with Gasteiger partial charge in [-0.2, -0.15) is 5.10 Å². The van der Waals surface area contributed by atoms with E-state index in [0.717, 1.165) is 36.7 Å². The van der Waals surface area contributed by atoms with Crippen LogP contribution in [-0.4, -0.2) is 57.2 Å². The topological polar surface area (TPSA) is 98.0 Å². The lowest BCUT2D eigenvalue weighted by molar-refractivity contribution is -0.130. The Morgan fingerprint density at radius 3 is 2.88 bits per heavy atom. The van der Waals surface area contributed by atoms with Crippen LogP contribution in [0.5, 0.6) is 0 Å². The molecule has 1 aromatic carbocycles. The number of H-pyrrole nitrogens is 2. The molecule has 1 amide bonds. The molecule has 0 unspecified atom stereocenters. The number of hydrogen-bond donors (Lipinski definition) is 2. The molecule has 0 radical (unpaired) electrons. The maximum atomic E-state index is 12.5. The first-order valence-corrected chi connectivity index (χ1v) is 9.52. The van der Waals surface area contributed by atoms with Crippen molar-refractivity contribution in [2.24, 2.45) is 0 Å². The van der Waals surface area contributed by atoms with Crippen LogP contribution in [0.3, 0.4) is 0 Å². The molecule has 1 fully saturated rings. The highest BCUT2D eigenvalue weighted by Crippen LogP contribution is 2.29. The smallest absolute Gasteiger partial charge is 0.340 e. The molecule has 1 aliphatic heterocycles. The van der Waals surface area contributed by atoms with E-state index in [1.54, 1.807) is 11.3 Å². The van der Waals surface area contributed by atoms with Gasteiger partial charge in [-0.25, -0.2) is 14.9 Å². The molecule has 0 saturated carbocycles. The molecule has 2 aromatic heterocycles. The standard InChI is InChI=1S/C17H20N6O2S/c24-15(7-6-14-19-16(25)21-20-14)22-8-3-9-23(11-10-22)17-18-12-4-1-2-5-13(12)26-17/h1-2,4-5H,3,6-11H2,(H2,19,20,21,25). The van der Waals surface area contributed by atoms with Crippen molar-refractivity contribution in [3.63, 3.8) is 0 Å². The number of aromatic amines is 2. The third-order valence-electron chi connectivity index (χ3n) is 4.53. The van der Waals surface area contributed by atoms with Gasteiger partial charge in [0.15, 0.2) is 5.13 Å². The van der Waals surface area contributed by atoms with Crippen LogP contribution in [0.1, 0.15) is 18.7 Å². The van der Waals surface area contributed by atoms with Gasteiger partial charge >= 0.3 is 5.69 Å². The Bertz CT molecular complexity index is 928. The molecule has 4 rings (SSSR count). The van der Waals surface area contributed by atoms with E-state index in [9.17, 15) is 9.59 Å². The summed E-state index contributed by atoms with van der Waals surface area (Å²) in [6, 6.07) is 8.15. The zero-order valence-electron chi connectivity index (χ0n) is 14.3. The van der Waals surface area contributed by atoms with Crippen molar-refractivity contribution in [2.45, 2.75) is 19.3 Å². The zero-order valence-corrected chi connectivity index (χ0v) is 15.1. The van der Waals surface area contributed by atoms with Gasteiger partial charge in [0.2, 0.25) is 5.91 Å². The quantitative estimate of drug-likeness (QED) is 0.721. The van der Waals surface area contributed by atoms with Gasteiger partial charge in [-0.15, -0.1) is 0 Å². The van der Waals surface area contributed by atoms with Crippen LogP contribution in [0.25, 0.3) is 10.2 Å². The Labute approximate surface area is 153 Å². The second-order valence-electron chi connectivity index (χ2n) is 6.31. The lowest BCUT2D eigenvalue weighted by atomic mass is 10.2. The summed E-state index contributed by atoms with van der Waals surface area (Å²) in [6.45, 7) is 3.12. The summed E-state index contributed by atoms with van der Waals surface area (Å²) >= 11 is 1.70. The predicted molar refractivity (Wildman–Crippen MR) is 101 cm³/mol. The summed E-state index contributed by atoms with van der Waals surface area (Å²) in [5.41, 5.74) is 0.686. The molecule has 136 valence electrons. The molecule has 0 aliphatic carbocycles. The van der Waals surface area contributed by atoms with E-state index >= 15 is 0 Å². The number of rotatable bonds is 4. The van der Waals surface area contributed by atoms with Crippen molar-refractivity contribution in [3.8, 4) is 0 Å². The van der Waals surface area contributed by atoms with Gasteiger partial charge in [-0.05, 0) is 18.6 Å². The van der Waals surface area contributed by atoms with Crippen LogP contribution >= 0.6 is 11.3 Å². The van der Waals surface area contributed by atoms with E-state index in [2.05, 4.69) is 26.1 Å². The SMILES string of the molecule is O=C(CCc1n[nH]c(=O)[nH]1)N1CCCN(c2nc3ccccc3s2)CC1. The second-order valence-corrected chi connectivity index (χ2v) is 7.32. The Hall–Kier alpha value is -2.68. The molecule has 3 heterocycles. The molecular weight excluding hydrogens is 352 g/mol. The first-order valence-electron chi connectivity index (χ1n) is 8.71. The van der Waals surface area contributed by atoms with Crippen molar-refractivity contribution in [3.05, 3.63) is 40.6 Å². The molecule has 1 aliphatic rings. The lowest BCUT2D eigenvalue weighted by Gasteiger charge is -2.21. The van der Waals surface area contributed by atoms with Crippen molar-refractivity contribution < 1.29 is 4.79 Å². The van der Waals surface area contributed by atoms with E-state index in [-0.39, 0.29) is 11.6 Å². The molecule has 26 heavy (non-hydrogen) atoms. The van der Waals surface area contributed by atoms with Crippen LogP contribution in [0.4, 0.5) is 5.13 Å². The highest BCUT2D eigenvalue weighted by Gasteiger charge is 2.21. The highest BCUT2D eigenvalue weighted by molar-refractivity contribution is 7.22. The zero-order chi connectivity index (χ0) is 17.9. The minimum atomic E-state index is -0.339. The van der Waals surface area contributed by atoms with Gasteiger partial charge in [0.05, 0.1) is 10.2 Å². The number of aromatic nitrogens is 4. The number of anilines is 1. The molecule has 0 spiro atoms.